The summed E-state index contributed by atoms with van der Waals surface area (Å²) in [7, 11) is 1.50. The van der Waals surface area contributed by atoms with Crippen molar-refractivity contribution < 1.29 is 14.3 Å². The van der Waals surface area contributed by atoms with Crippen LogP contribution >= 0.6 is 12.4 Å². The van der Waals surface area contributed by atoms with Crippen LogP contribution in [0.25, 0.3) is 0 Å². The first-order chi connectivity index (χ1) is 6.69. The Morgan fingerprint density at radius 1 is 1.47 bits per heavy atom. The van der Waals surface area contributed by atoms with Gasteiger partial charge in [-0.05, 0) is 12.1 Å². The van der Waals surface area contributed by atoms with Gasteiger partial charge in [0, 0.05) is 6.42 Å². The molecule has 1 aromatic rings. The lowest BCUT2D eigenvalue weighted by Gasteiger charge is -2.10. The Balaban J connectivity index is 0.00000196. The van der Waals surface area contributed by atoms with E-state index < -0.39 is 0 Å². The summed E-state index contributed by atoms with van der Waals surface area (Å²) in [5.74, 6) is 0.426. The van der Waals surface area contributed by atoms with E-state index in [4.69, 9.17) is 15.2 Å². The van der Waals surface area contributed by atoms with E-state index in [9.17, 15) is 4.79 Å². The molecular weight excluding hydrogens is 218 g/mol. The second kappa shape index (κ2) is 6.14. The van der Waals surface area contributed by atoms with E-state index in [1.54, 1.807) is 25.1 Å². The van der Waals surface area contributed by atoms with Crippen molar-refractivity contribution in [2.45, 2.75) is 13.3 Å². The summed E-state index contributed by atoms with van der Waals surface area (Å²) in [6.45, 7) is 1.72. The van der Waals surface area contributed by atoms with Crippen LogP contribution in [0.2, 0.25) is 0 Å². The van der Waals surface area contributed by atoms with Crippen molar-refractivity contribution in [2.24, 2.45) is 0 Å². The Morgan fingerprint density at radius 2 is 2.13 bits per heavy atom. The van der Waals surface area contributed by atoms with E-state index in [1.165, 1.54) is 7.11 Å². The van der Waals surface area contributed by atoms with Crippen molar-refractivity contribution in [1.29, 1.82) is 0 Å². The normalized spacial score (nSPS) is 8.93. The summed E-state index contributed by atoms with van der Waals surface area (Å²) in [4.78, 5) is 11.1. The molecule has 0 amide bonds. The molecule has 0 radical (unpaired) electrons. The first-order valence-electron chi connectivity index (χ1n) is 4.32. The Hall–Kier alpha value is -1.42. The molecule has 0 aliphatic carbocycles. The third kappa shape index (κ3) is 3.32. The van der Waals surface area contributed by atoms with E-state index in [-0.39, 0.29) is 18.4 Å². The van der Waals surface area contributed by atoms with Gasteiger partial charge in [0.15, 0.2) is 11.5 Å². The van der Waals surface area contributed by atoms with Gasteiger partial charge in [-0.15, -0.1) is 12.4 Å². The van der Waals surface area contributed by atoms with Gasteiger partial charge in [-0.3, -0.25) is 4.79 Å². The molecule has 1 aromatic carbocycles. The highest BCUT2D eigenvalue weighted by Crippen LogP contribution is 2.32. The van der Waals surface area contributed by atoms with Crippen LogP contribution < -0.4 is 15.2 Å². The number of benzene rings is 1. The second-order valence-electron chi connectivity index (χ2n) is 2.71. The molecule has 0 heterocycles. The summed E-state index contributed by atoms with van der Waals surface area (Å²) in [5.41, 5.74) is 6.04. The van der Waals surface area contributed by atoms with Crippen LogP contribution in [-0.2, 0) is 4.79 Å². The number of nitrogen functional groups attached to an aromatic ring is 1. The van der Waals surface area contributed by atoms with E-state index in [1.807, 2.05) is 0 Å². The predicted octanol–water partition coefficient (Wildman–Crippen LogP) is 2.01. The largest absolute Gasteiger partial charge is 0.493 e. The summed E-state index contributed by atoms with van der Waals surface area (Å²) >= 11 is 0. The van der Waals surface area contributed by atoms with E-state index in [0.29, 0.717) is 23.6 Å². The zero-order chi connectivity index (χ0) is 10.6. The lowest BCUT2D eigenvalue weighted by molar-refractivity contribution is -0.134. The number of rotatable bonds is 3. The maximum Gasteiger partial charge on any atom is 0.311 e. The van der Waals surface area contributed by atoms with Crippen LogP contribution in [0.3, 0.4) is 0 Å². The molecule has 4 nitrogen and oxygen atoms in total. The van der Waals surface area contributed by atoms with Crippen LogP contribution in [0, 0.1) is 0 Å². The zero-order valence-electron chi connectivity index (χ0n) is 8.65. The number of para-hydroxylation sites is 1. The molecular formula is C10H14ClNO3. The van der Waals surface area contributed by atoms with Crippen LogP contribution in [0.1, 0.15) is 13.3 Å². The van der Waals surface area contributed by atoms with Crippen molar-refractivity contribution in [3.8, 4) is 11.5 Å². The van der Waals surface area contributed by atoms with Crippen molar-refractivity contribution in [3.63, 3.8) is 0 Å². The minimum atomic E-state index is -0.332. The summed E-state index contributed by atoms with van der Waals surface area (Å²) in [5, 5.41) is 0. The molecule has 0 unspecified atom stereocenters. The van der Waals surface area contributed by atoms with Crippen molar-refractivity contribution in [2.75, 3.05) is 12.8 Å². The number of nitrogens with two attached hydrogens (primary N) is 1. The highest BCUT2D eigenvalue weighted by molar-refractivity contribution is 5.85. The Kier molecular flexibility index (Phi) is 5.56. The van der Waals surface area contributed by atoms with Crippen molar-refractivity contribution in [3.05, 3.63) is 18.2 Å². The summed E-state index contributed by atoms with van der Waals surface area (Å²) < 4.78 is 10.0. The molecule has 1 rings (SSSR count). The molecule has 0 fully saturated rings. The van der Waals surface area contributed by atoms with Gasteiger partial charge >= 0.3 is 5.97 Å². The number of ether oxygens (including phenoxy) is 2. The number of hydrogen-bond acceptors (Lipinski definition) is 4. The number of methoxy groups -OCH3 is 1. The van der Waals surface area contributed by atoms with Gasteiger partial charge in [0.05, 0.1) is 12.8 Å². The van der Waals surface area contributed by atoms with Gasteiger partial charge in [0.25, 0.3) is 0 Å². The molecule has 0 aliphatic heterocycles. The predicted molar refractivity (Wildman–Crippen MR) is 60.6 cm³/mol. The standard InChI is InChI=1S/C10H13NO3.ClH/c1-3-9(12)14-10-7(11)5-4-6-8(10)13-2;/h4-6H,3,11H2,1-2H3;1H. The molecule has 0 saturated carbocycles. The van der Waals surface area contributed by atoms with Gasteiger partial charge in [-0.2, -0.15) is 0 Å². The SMILES string of the molecule is CCC(=O)Oc1c(N)cccc1OC.Cl. The van der Waals surface area contributed by atoms with Crippen LogP contribution in [-0.4, -0.2) is 13.1 Å². The molecule has 84 valence electrons. The molecule has 0 bridgehead atoms. The lowest BCUT2D eigenvalue weighted by atomic mass is 10.3. The van der Waals surface area contributed by atoms with Gasteiger partial charge in [0.1, 0.15) is 0 Å². The number of hydrogen-bond donors (Lipinski definition) is 1. The fourth-order valence-corrected chi connectivity index (χ4v) is 0.989. The molecule has 15 heavy (non-hydrogen) atoms. The van der Waals surface area contributed by atoms with Gasteiger partial charge < -0.3 is 15.2 Å². The average Bonchev–Trinajstić information content (AvgIpc) is 2.20. The summed E-state index contributed by atoms with van der Waals surface area (Å²) in [6, 6.07) is 5.08. The number of carbonyl (C=O) groups is 1. The van der Waals surface area contributed by atoms with E-state index >= 15 is 0 Å². The van der Waals surface area contributed by atoms with E-state index in [0.717, 1.165) is 0 Å². The van der Waals surface area contributed by atoms with Crippen LogP contribution in [0.4, 0.5) is 5.69 Å². The third-order valence-electron chi connectivity index (χ3n) is 1.73. The number of halogens is 1. The van der Waals surface area contributed by atoms with Crippen molar-refractivity contribution >= 4 is 24.1 Å². The third-order valence-corrected chi connectivity index (χ3v) is 1.73. The number of esters is 1. The molecule has 0 aromatic heterocycles. The quantitative estimate of drug-likeness (QED) is 0.491. The van der Waals surface area contributed by atoms with Crippen molar-refractivity contribution in [1.82, 2.24) is 0 Å². The summed E-state index contributed by atoms with van der Waals surface area (Å²) in [6.07, 6.45) is 0.303. The Bertz CT molecular complexity index is 341. The molecule has 2 N–H and O–H groups in total. The Labute approximate surface area is 94.8 Å². The minimum absolute atomic E-state index is 0. The molecule has 5 heteroatoms. The van der Waals surface area contributed by atoms with Gasteiger partial charge in [-0.1, -0.05) is 13.0 Å². The molecule has 0 spiro atoms. The first-order valence-corrected chi connectivity index (χ1v) is 4.32. The Morgan fingerprint density at radius 3 is 2.67 bits per heavy atom. The van der Waals surface area contributed by atoms with Crippen LogP contribution in [0.15, 0.2) is 18.2 Å². The lowest BCUT2D eigenvalue weighted by Crippen LogP contribution is -2.08. The number of anilines is 1. The smallest absolute Gasteiger partial charge is 0.311 e. The molecule has 0 saturated heterocycles. The minimum Gasteiger partial charge on any atom is -0.493 e. The fraction of sp³-hybridized carbons (Fsp3) is 0.300. The monoisotopic (exact) mass is 231 g/mol. The average molecular weight is 232 g/mol. The zero-order valence-corrected chi connectivity index (χ0v) is 9.47. The highest BCUT2D eigenvalue weighted by atomic mass is 35.5. The highest BCUT2D eigenvalue weighted by Gasteiger charge is 2.11. The number of carbonyl (C=O) groups excluding carboxylic acids is 1. The van der Waals surface area contributed by atoms with Crippen LogP contribution in [0.5, 0.6) is 11.5 Å². The fourth-order valence-electron chi connectivity index (χ4n) is 0.989. The van der Waals surface area contributed by atoms with E-state index in [2.05, 4.69) is 0 Å². The molecule has 0 atom stereocenters. The topological polar surface area (TPSA) is 61.5 Å². The molecule has 0 aliphatic rings. The maximum absolute atomic E-state index is 11.1. The maximum atomic E-state index is 11.1. The first kappa shape index (κ1) is 13.6. The van der Waals surface area contributed by atoms with Gasteiger partial charge in [-0.25, -0.2) is 0 Å². The van der Waals surface area contributed by atoms with Gasteiger partial charge in [0.2, 0.25) is 0 Å². The second-order valence-corrected chi connectivity index (χ2v) is 2.71.